The summed E-state index contributed by atoms with van der Waals surface area (Å²) >= 11 is 0. The number of ether oxygens (including phenoxy) is 2. The number of carbonyl (C=O) groups is 1. The number of amides is 1. The Morgan fingerprint density at radius 3 is 1.55 bits per heavy atom. The molecule has 0 aromatic heterocycles. The maximum atomic E-state index is 12.2. The van der Waals surface area contributed by atoms with Gasteiger partial charge in [0.15, 0.2) is 11.5 Å². The van der Waals surface area contributed by atoms with Gasteiger partial charge in [0.2, 0.25) is 5.91 Å². The molecule has 1 N–H and O–H groups in total. The second kappa shape index (κ2) is 21.2. The molecule has 0 aliphatic heterocycles. The molecule has 9 heteroatoms. The molecule has 7 nitrogen and oxygen atoms in total. The maximum Gasteiger partial charge on any atom is 0.243 e. The van der Waals surface area contributed by atoms with E-state index in [4.69, 9.17) is 22.4 Å². The van der Waals surface area contributed by atoms with Gasteiger partial charge >= 0.3 is 0 Å². The number of methoxy groups -OCH3 is 2. The largest absolute Gasteiger partial charge is 0.748 e. The molecular weight excluding hydrogens is 653 g/mol. The minimum Gasteiger partial charge on any atom is -0.748 e. The fourth-order valence-corrected chi connectivity index (χ4v) is 10.2. The van der Waals surface area contributed by atoms with Gasteiger partial charge in [0.25, 0.3) is 0 Å². The summed E-state index contributed by atoms with van der Waals surface area (Å²) in [6.45, 7) is 0.708. The van der Waals surface area contributed by atoms with E-state index in [0.29, 0.717) is 24.3 Å². The van der Waals surface area contributed by atoms with E-state index in [0.717, 1.165) is 18.4 Å². The Bertz CT molecular complexity index is 1560. The van der Waals surface area contributed by atoms with Crippen molar-refractivity contribution >= 4 is 45.3 Å². The third-order valence-electron chi connectivity index (χ3n) is 8.15. The van der Waals surface area contributed by atoms with E-state index in [-0.39, 0.29) is 5.91 Å². The molecule has 0 radical (unpaired) electrons. The van der Waals surface area contributed by atoms with Gasteiger partial charge < -0.3 is 19.3 Å². The first-order valence-electron chi connectivity index (χ1n) is 16.8. The Hall–Kier alpha value is -3.97. The fourth-order valence-electron chi connectivity index (χ4n) is 5.82. The highest BCUT2D eigenvalue weighted by Gasteiger charge is 2.44. The quantitative estimate of drug-likeness (QED) is 0.0513. The van der Waals surface area contributed by atoms with Crippen LogP contribution in [-0.2, 0) is 14.9 Å². The Morgan fingerprint density at radius 2 is 1.10 bits per heavy atom. The van der Waals surface area contributed by atoms with E-state index in [1.807, 2.05) is 18.2 Å². The van der Waals surface area contributed by atoms with Crippen LogP contribution in [0.1, 0.15) is 56.9 Å². The first-order chi connectivity index (χ1) is 23.7. The summed E-state index contributed by atoms with van der Waals surface area (Å²) in [7, 11) is -2.42. The molecule has 0 fully saturated rings. The molecule has 0 aliphatic rings. The van der Waals surface area contributed by atoms with Crippen molar-refractivity contribution in [2.24, 2.45) is 0 Å². The summed E-state index contributed by atoms with van der Waals surface area (Å²) in [5.74, 6) is 1.25. The van der Waals surface area contributed by atoms with E-state index < -0.39 is 17.4 Å². The minimum absolute atomic E-state index is 0.0693. The molecule has 0 heterocycles. The molecule has 0 aliphatic carbocycles. The number of hydrogen-bond donors (Lipinski definition) is 1. The standard InChI is InChI=1S/C39H46NO3P.CH4O3S/c1-42-37-28-26-33(32-38(37)43-2)27-29-39(41)40-30-18-7-5-3-4-6-8-19-31-44(34-20-12-9-13-21-34,35-22-14-10-15-23-35)36-24-16-11-17-25-36;1-5(2,3)4/h9-17,20-29,32H,3-8,18-19,30-31H2,1-2H3;1H3,(H,2,3,4). The molecule has 0 atom stereocenters. The molecule has 0 unspecified atom stereocenters. The van der Waals surface area contributed by atoms with Crippen LogP contribution in [0, 0.1) is 0 Å². The Labute approximate surface area is 293 Å². The summed E-state index contributed by atoms with van der Waals surface area (Å²) < 4.78 is 37.8. The highest BCUT2D eigenvalue weighted by atomic mass is 32.2. The lowest BCUT2D eigenvalue weighted by molar-refractivity contribution is -0.116. The molecular formula is C40H50NO6PS. The average Bonchev–Trinajstić information content (AvgIpc) is 3.11. The van der Waals surface area contributed by atoms with Crippen LogP contribution < -0.4 is 30.7 Å². The van der Waals surface area contributed by atoms with Gasteiger partial charge in [-0.3, -0.25) is 4.79 Å². The Morgan fingerprint density at radius 1 is 0.673 bits per heavy atom. The lowest BCUT2D eigenvalue weighted by Crippen LogP contribution is -2.33. The van der Waals surface area contributed by atoms with Crippen molar-refractivity contribution in [2.45, 2.75) is 51.4 Å². The summed E-state index contributed by atoms with van der Waals surface area (Å²) in [6.07, 6.45) is 14.8. The first kappa shape index (κ1) is 39.5. The van der Waals surface area contributed by atoms with E-state index >= 15 is 0 Å². The van der Waals surface area contributed by atoms with Gasteiger partial charge in [-0.15, -0.1) is 0 Å². The number of carbonyl (C=O) groups excluding carboxylic acids is 1. The van der Waals surface area contributed by atoms with Crippen molar-refractivity contribution in [1.82, 2.24) is 5.32 Å². The zero-order valence-corrected chi connectivity index (χ0v) is 30.6. The van der Waals surface area contributed by atoms with Crippen LogP contribution in [0.3, 0.4) is 0 Å². The smallest absolute Gasteiger partial charge is 0.243 e. The average molecular weight is 704 g/mol. The van der Waals surface area contributed by atoms with Gasteiger partial charge in [-0.05, 0) is 79.4 Å². The van der Waals surface area contributed by atoms with E-state index in [9.17, 15) is 4.79 Å². The molecule has 0 spiro atoms. The molecule has 4 aromatic rings. The molecule has 4 aromatic carbocycles. The van der Waals surface area contributed by atoms with Gasteiger partial charge in [0, 0.05) is 18.9 Å². The van der Waals surface area contributed by atoms with Gasteiger partial charge in [-0.25, -0.2) is 8.42 Å². The lowest BCUT2D eigenvalue weighted by Gasteiger charge is -2.27. The SMILES string of the molecule is COc1ccc(C=CC(=O)NCCCCCCCCCC[P+](c2ccccc2)(c2ccccc2)c2ccccc2)cc1OC.CS(=O)(=O)[O-]. The van der Waals surface area contributed by atoms with Crippen LogP contribution >= 0.6 is 7.26 Å². The van der Waals surface area contributed by atoms with Crippen molar-refractivity contribution in [1.29, 1.82) is 0 Å². The number of nitrogens with one attached hydrogen (secondary N) is 1. The van der Waals surface area contributed by atoms with Gasteiger partial charge in [-0.2, -0.15) is 0 Å². The van der Waals surface area contributed by atoms with Crippen LogP contribution in [0.15, 0.2) is 115 Å². The second-order valence-electron chi connectivity index (χ2n) is 11.8. The third-order valence-corrected chi connectivity index (χ3v) is 12.7. The molecule has 0 saturated heterocycles. The zero-order chi connectivity index (χ0) is 35.4. The summed E-state index contributed by atoms with van der Waals surface area (Å²) in [6, 6.07) is 39.2. The fraction of sp³-hybridized carbons (Fsp3) is 0.325. The summed E-state index contributed by atoms with van der Waals surface area (Å²) in [4.78, 5) is 12.2. The van der Waals surface area contributed by atoms with Crippen molar-refractivity contribution < 1.29 is 27.2 Å². The normalized spacial score (nSPS) is 11.4. The van der Waals surface area contributed by atoms with Gasteiger partial charge in [0.1, 0.15) is 23.2 Å². The maximum absolute atomic E-state index is 12.2. The molecule has 49 heavy (non-hydrogen) atoms. The first-order valence-corrected chi connectivity index (χ1v) is 20.6. The molecule has 0 saturated carbocycles. The van der Waals surface area contributed by atoms with Crippen LogP contribution in [0.2, 0.25) is 0 Å². The topological polar surface area (TPSA) is 105 Å². The number of hydrogen-bond acceptors (Lipinski definition) is 6. The summed E-state index contributed by atoms with van der Waals surface area (Å²) in [5, 5.41) is 7.42. The van der Waals surface area contributed by atoms with Crippen LogP contribution in [0.25, 0.3) is 6.08 Å². The van der Waals surface area contributed by atoms with Crippen molar-refractivity contribution in [3.8, 4) is 11.5 Å². The summed E-state index contributed by atoms with van der Waals surface area (Å²) in [5.41, 5.74) is 0.894. The number of rotatable bonds is 18. The monoisotopic (exact) mass is 703 g/mol. The second-order valence-corrected chi connectivity index (χ2v) is 16.8. The number of unbranched alkanes of at least 4 members (excludes halogenated alkanes) is 7. The lowest BCUT2D eigenvalue weighted by atomic mass is 10.1. The van der Waals surface area contributed by atoms with E-state index in [1.54, 1.807) is 26.4 Å². The van der Waals surface area contributed by atoms with Crippen molar-refractivity contribution in [3.05, 3.63) is 121 Å². The van der Waals surface area contributed by atoms with E-state index in [1.165, 1.54) is 60.6 Å². The van der Waals surface area contributed by atoms with Crippen molar-refractivity contribution in [2.75, 3.05) is 33.2 Å². The van der Waals surface area contributed by atoms with Crippen LogP contribution in [0.4, 0.5) is 0 Å². The third kappa shape index (κ3) is 13.8. The van der Waals surface area contributed by atoms with Crippen LogP contribution in [0.5, 0.6) is 11.5 Å². The molecule has 0 bridgehead atoms. The van der Waals surface area contributed by atoms with E-state index in [2.05, 4.69) is 96.3 Å². The molecule has 4 rings (SSSR count). The predicted molar refractivity (Wildman–Crippen MR) is 204 cm³/mol. The Kier molecular flexibility index (Phi) is 17.1. The minimum atomic E-state index is -3.92. The van der Waals surface area contributed by atoms with Gasteiger partial charge in [-0.1, -0.05) is 92.8 Å². The number of benzene rings is 4. The highest BCUT2D eigenvalue weighted by molar-refractivity contribution is 7.95. The van der Waals surface area contributed by atoms with Gasteiger partial charge in [0.05, 0.1) is 30.5 Å². The molecule has 262 valence electrons. The predicted octanol–water partition coefficient (Wildman–Crippen LogP) is 7.11. The Balaban J connectivity index is 0.00000121. The highest BCUT2D eigenvalue weighted by Crippen LogP contribution is 2.56. The zero-order valence-electron chi connectivity index (χ0n) is 28.9. The van der Waals surface area contributed by atoms with Crippen molar-refractivity contribution in [3.63, 3.8) is 0 Å². The molecule has 1 amide bonds. The van der Waals surface area contributed by atoms with Crippen LogP contribution in [-0.4, -0.2) is 52.1 Å².